The third kappa shape index (κ3) is 3.69. The molecular formula is C11H14N2S. The van der Waals surface area contributed by atoms with E-state index in [1.807, 2.05) is 18.2 Å². The first kappa shape index (κ1) is 10.9. The average molecular weight is 206 g/mol. The SMILES string of the molecule is CN(CCCN=C=S)c1ccccc1. The molecule has 0 saturated carbocycles. The minimum absolute atomic E-state index is 0.765. The Hall–Kier alpha value is -1.18. The zero-order chi connectivity index (χ0) is 10.2. The molecule has 0 spiro atoms. The van der Waals surface area contributed by atoms with E-state index in [2.05, 4.69) is 46.5 Å². The van der Waals surface area contributed by atoms with Crippen LogP contribution in [-0.4, -0.2) is 25.3 Å². The molecule has 0 aliphatic rings. The van der Waals surface area contributed by atoms with Crippen molar-refractivity contribution in [2.45, 2.75) is 6.42 Å². The third-order valence-electron chi connectivity index (χ3n) is 2.02. The second-order valence-corrected chi connectivity index (χ2v) is 3.27. The van der Waals surface area contributed by atoms with E-state index in [1.165, 1.54) is 5.69 Å². The van der Waals surface area contributed by atoms with Crippen LogP contribution in [0, 0.1) is 0 Å². The molecule has 0 bridgehead atoms. The monoisotopic (exact) mass is 206 g/mol. The lowest BCUT2D eigenvalue weighted by atomic mass is 10.3. The molecule has 0 aliphatic carbocycles. The Kier molecular flexibility index (Phi) is 4.90. The maximum Gasteiger partial charge on any atom is 0.0584 e. The number of anilines is 1. The number of thiocarbonyl (C=S) groups is 1. The predicted molar refractivity (Wildman–Crippen MR) is 64.2 cm³/mol. The predicted octanol–water partition coefficient (Wildman–Crippen LogP) is 2.62. The first-order valence-electron chi connectivity index (χ1n) is 4.64. The van der Waals surface area contributed by atoms with Gasteiger partial charge in [-0.1, -0.05) is 18.2 Å². The summed E-state index contributed by atoms with van der Waals surface area (Å²) in [5, 5.41) is 2.37. The lowest BCUT2D eigenvalue weighted by molar-refractivity contribution is 0.799. The summed E-state index contributed by atoms with van der Waals surface area (Å²) in [5.74, 6) is 0. The number of hydrogen-bond donors (Lipinski definition) is 0. The van der Waals surface area contributed by atoms with E-state index in [0.717, 1.165) is 19.5 Å². The van der Waals surface area contributed by atoms with Gasteiger partial charge in [-0.3, -0.25) is 0 Å². The number of aliphatic imine (C=N–C) groups is 1. The molecule has 0 fully saturated rings. The molecule has 74 valence electrons. The summed E-state index contributed by atoms with van der Waals surface area (Å²) < 4.78 is 0. The van der Waals surface area contributed by atoms with Crippen molar-refractivity contribution >= 4 is 23.1 Å². The van der Waals surface area contributed by atoms with Gasteiger partial charge in [0.2, 0.25) is 0 Å². The lowest BCUT2D eigenvalue weighted by Gasteiger charge is -2.18. The highest BCUT2D eigenvalue weighted by atomic mass is 32.1. The number of nitrogens with zero attached hydrogens (tertiary/aromatic N) is 2. The van der Waals surface area contributed by atoms with Gasteiger partial charge in [-0.05, 0) is 30.8 Å². The molecular weight excluding hydrogens is 192 g/mol. The van der Waals surface area contributed by atoms with Crippen LogP contribution in [0.3, 0.4) is 0 Å². The summed E-state index contributed by atoms with van der Waals surface area (Å²) in [7, 11) is 2.08. The Morgan fingerprint density at radius 1 is 1.36 bits per heavy atom. The van der Waals surface area contributed by atoms with E-state index in [1.54, 1.807) is 0 Å². The van der Waals surface area contributed by atoms with Crippen LogP contribution in [0.2, 0.25) is 0 Å². The smallest absolute Gasteiger partial charge is 0.0584 e. The number of hydrogen-bond acceptors (Lipinski definition) is 3. The zero-order valence-corrected chi connectivity index (χ0v) is 9.13. The average Bonchev–Trinajstić information content (AvgIpc) is 2.25. The van der Waals surface area contributed by atoms with E-state index >= 15 is 0 Å². The maximum atomic E-state index is 4.49. The highest BCUT2D eigenvalue weighted by Crippen LogP contribution is 2.10. The summed E-state index contributed by atoms with van der Waals surface area (Å²) in [4.78, 5) is 6.08. The highest BCUT2D eigenvalue weighted by Gasteiger charge is 1.97. The van der Waals surface area contributed by atoms with Crippen molar-refractivity contribution in [3.8, 4) is 0 Å². The molecule has 0 amide bonds. The summed E-state index contributed by atoms with van der Waals surface area (Å²) in [6.45, 7) is 1.76. The first-order valence-corrected chi connectivity index (χ1v) is 5.05. The van der Waals surface area contributed by atoms with Gasteiger partial charge in [0.25, 0.3) is 0 Å². The van der Waals surface area contributed by atoms with E-state index < -0.39 is 0 Å². The van der Waals surface area contributed by atoms with Crippen LogP contribution in [-0.2, 0) is 0 Å². The largest absolute Gasteiger partial charge is 0.375 e. The first-order chi connectivity index (χ1) is 6.84. The second kappa shape index (κ2) is 6.30. The van der Waals surface area contributed by atoms with E-state index in [4.69, 9.17) is 0 Å². The number of isothiocyanates is 1. The van der Waals surface area contributed by atoms with Gasteiger partial charge in [0.1, 0.15) is 0 Å². The van der Waals surface area contributed by atoms with Crippen LogP contribution in [0.25, 0.3) is 0 Å². The van der Waals surface area contributed by atoms with Gasteiger partial charge in [0.05, 0.1) is 11.7 Å². The fraction of sp³-hybridized carbons (Fsp3) is 0.364. The molecule has 14 heavy (non-hydrogen) atoms. The summed E-state index contributed by atoms with van der Waals surface area (Å²) in [6, 6.07) is 10.3. The van der Waals surface area contributed by atoms with Crippen molar-refractivity contribution < 1.29 is 0 Å². The number of para-hydroxylation sites is 1. The fourth-order valence-electron chi connectivity index (χ4n) is 1.24. The fourth-order valence-corrected chi connectivity index (χ4v) is 1.34. The molecule has 0 radical (unpaired) electrons. The molecule has 0 atom stereocenters. The van der Waals surface area contributed by atoms with E-state index in [-0.39, 0.29) is 0 Å². The van der Waals surface area contributed by atoms with Crippen molar-refractivity contribution in [3.05, 3.63) is 30.3 Å². The molecule has 0 heterocycles. The molecule has 1 rings (SSSR count). The van der Waals surface area contributed by atoms with Crippen LogP contribution in [0.5, 0.6) is 0 Å². The Morgan fingerprint density at radius 2 is 2.07 bits per heavy atom. The minimum atomic E-state index is 0.765. The standard InChI is InChI=1S/C11H14N2S/c1-13(9-5-8-12-10-14)11-6-3-2-4-7-11/h2-4,6-7H,5,8-9H2,1H3. The van der Waals surface area contributed by atoms with E-state index in [0.29, 0.717) is 0 Å². The van der Waals surface area contributed by atoms with Crippen molar-refractivity contribution in [2.75, 3.05) is 25.0 Å². The van der Waals surface area contributed by atoms with Gasteiger partial charge in [0.15, 0.2) is 0 Å². The summed E-state index contributed by atoms with van der Waals surface area (Å²) >= 11 is 4.49. The van der Waals surface area contributed by atoms with Crippen molar-refractivity contribution in [1.82, 2.24) is 0 Å². The molecule has 0 saturated heterocycles. The topological polar surface area (TPSA) is 15.6 Å². The molecule has 0 unspecified atom stereocenters. The Bertz CT molecular complexity index is 304. The Labute approximate surface area is 90.3 Å². The molecule has 0 aromatic heterocycles. The Morgan fingerprint density at radius 3 is 2.71 bits per heavy atom. The number of rotatable bonds is 5. The molecule has 1 aromatic rings. The van der Waals surface area contributed by atoms with Gasteiger partial charge in [-0.2, -0.15) is 0 Å². The van der Waals surface area contributed by atoms with Crippen LogP contribution in [0.4, 0.5) is 5.69 Å². The van der Waals surface area contributed by atoms with Gasteiger partial charge < -0.3 is 4.90 Å². The Balaban J connectivity index is 2.35. The third-order valence-corrected chi connectivity index (χ3v) is 2.15. The van der Waals surface area contributed by atoms with Gasteiger partial charge in [-0.25, -0.2) is 4.99 Å². The maximum absolute atomic E-state index is 4.49. The lowest BCUT2D eigenvalue weighted by Crippen LogP contribution is -2.18. The van der Waals surface area contributed by atoms with Gasteiger partial charge in [0, 0.05) is 19.3 Å². The van der Waals surface area contributed by atoms with Gasteiger partial charge >= 0.3 is 0 Å². The number of benzene rings is 1. The molecule has 2 nitrogen and oxygen atoms in total. The molecule has 0 aliphatic heterocycles. The highest BCUT2D eigenvalue weighted by molar-refractivity contribution is 7.78. The van der Waals surface area contributed by atoms with Crippen molar-refractivity contribution in [2.24, 2.45) is 4.99 Å². The van der Waals surface area contributed by atoms with Crippen LogP contribution in [0.1, 0.15) is 6.42 Å². The van der Waals surface area contributed by atoms with Crippen LogP contribution < -0.4 is 4.90 Å². The molecule has 3 heteroatoms. The van der Waals surface area contributed by atoms with Gasteiger partial charge in [-0.15, -0.1) is 0 Å². The summed E-state index contributed by atoms with van der Waals surface area (Å²) in [5.41, 5.74) is 1.24. The van der Waals surface area contributed by atoms with Crippen molar-refractivity contribution in [1.29, 1.82) is 0 Å². The quantitative estimate of drug-likeness (QED) is 0.418. The normalized spacial score (nSPS) is 9.21. The zero-order valence-electron chi connectivity index (χ0n) is 8.31. The second-order valence-electron chi connectivity index (χ2n) is 3.08. The van der Waals surface area contributed by atoms with E-state index in [9.17, 15) is 0 Å². The van der Waals surface area contributed by atoms with Crippen LogP contribution >= 0.6 is 12.2 Å². The molecule has 1 aromatic carbocycles. The minimum Gasteiger partial charge on any atom is -0.375 e. The van der Waals surface area contributed by atoms with Crippen molar-refractivity contribution in [3.63, 3.8) is 0 Å². The molecule has 0 N–H and O–H groups in total. The van der Waals surface area contributed by atoms with Crippen LogP contribution in [0.15, 0.2) is 35.3 Å². The summed E-state index contributed by atoms with van der Waals surface area (Å²) in [6.07, 6.45) is 1.01.